The van der Waals surface area contributed by atoms with E-state index >= 15 is 0 Å². The van der Waals surface area contributed by atoms with E-state index in [2.05, 4.69) is 0 Å². The van der Waals surface area contributed by atoms with Gasteiger partial charge in [-0.15, -0.1) is 0 Å². The Morgan fingerprint density at radius 1 is 1.00 bits per heavy atom. The molecular formula is C19H21NO5S. The lowest BCUT2D eigenvalue weighted by molar-refractivity contribution is 0.135. The molecule has 0 unspecified atom stereocenters. The predicted octanol–water partition coefficient (Wildman–Crippen LogP) is 2.96. The number of piperidine rings is 1. The highest BCUT2D eigenvalue weighted by Gasteiger charge is 2.31. The highest BCUT2D eigenvalue weighted by Crippen LogP contribution is 2.35. The van der Waals surface area contributed by atoms with Crippen LogP contribution in [0.3, 0.4) is 0 Å². The molecule has 0 radical (unpaired) electrons. The molecule has 0 N–H and O–H groups in total. The van der Waals surface area contributed by atoms with Gasteiger partial charge in [-0.3, -0.25) is 0 Å². The molecule has 0 amide bonds. The Morgan fingerprint density at radius 2 is 1.69 bits per heavy atom. The van der Waals surface area contributed by atoms with Crippen LogP contribution in [0.5, 0.6) is 17.2 Å². The van der Waals surface area contributed by atoms with Gasteiger partial charge < -0.3 is 14.2 Å². The van der Waals surface area contributed by atoms with E-state index in [1.165, 1.54) is 15.9 Å². The monoisotopic (exact) mass is 375 g/mol. The molecule has 0 spiro atoms. The molecule has 0 aromatic heterocycles. The lowest BCUT2D eigenvalue weighted by atomic mass is 10.1. The zero-order valence-electron chi connectivity index (χ0n) is 14.6. The maximum absolute atomic E-state index is 12.9. The lowest BCUT2D eigenvalue weighted by Crippen LogP contribution is -2.41. The minimum atomic E-state index is -3.54. The first kappa shape index (κ1) is 17.2. The Kier molecular flexibility index (Phi) is 4.50. The highest BCUT2D eigenvalue weighted by atomic mass is 32.2. The van der Waals surface area contributed by atoms with Crippen LogP contribution in [-0.2, 0) is 10.0 Å². The van der Waals surface area contributed by atoms with E-state index in [0.717, 1.165) is 5.75 Å². The van der Waals surface area contributed by atoms with Crippen LogP contribution in [0, 0.1) is 6.92 Å². The van der Waals surface area contributed by atoms with Crippen LogP contribution in [0.2, 0.25) is 0 Å². The van der Waals surface area contributed by atoms with Crippen molar-refractivity contribution >= 4 is 10.0 Å². The molecule has 2 aromatic rings. The maximum Gasteiger partial charge on any atom is 0.243 e. The fourth-order valence-electron chi connectivity index (χ4n) is 3.19. The summed E-state index contributed by atoms with van der Waals surface area (Å²) in [6.07, 6.45) is 1.36. The third-order valence-corrected chi connectivity index (χ3v) is 6.60. The van der Waals surface area contributed by atoms with Crippen LogP contribution in [0.4, 0.5) is 0 Å². The SMILES string of the molecule is Cc1ccc(OC2CCN(S(=O)(=O)c3ccc4c(c3)OCO4)CC2)cc1. The Hall–Kier alpha value is -2.25. The van der Waals surface area contributed by atoms with Gasteiger partial charge in [0.15, 0.2) is 11.5 Å². The lowest BCUT2D eigenvalue weighted by Gasteiger charge is -2.31. The van der Waals surface area contributed by atoms with Gasteiger partial charge >= 0.3 is 0 Å². The average Bonchev–Trinajstić information content (AvgIpc) is 3.12. The molecule has 2 aromatic carbocycles. The number of ether oxygens (including phenoxy) is 3. The van der Waals surface area contributed by atoms with Crippen molar-refractivity contribution in [1.82, 2.24) is 4.31 Å². The molecule has 1 saturated heterocycles. The molecule has 2 aliphatic rings. The minimum absolute atomic E-state index is 0.0286. The van der Waals surface area contributed by atoms with Gasteiger partial charge in [0.05, 0.1) is 4.90 Å². The molecule has 26 heavy (non-hydrogen) atoms. The fourth-order valence-corrected chi connectivity index (χ4v) is 4.67. The van der Waals surface area contributed by atoms with Gasteiger partial charge in [-0.1, -0.05) is 17.7 Å². The molecule has 4 rings (SSSR count). The molecule has 7 heteroatoms. The first-order chi connectivity index (χ1) is 12.5. The van der Waals surface area contributed by atoms with Crippen LogP contribution in [0.15, 0.2) is 47.4 Å². The number of benzene rings is 2. The van der Waals surface area contributed by atoms with Crippen molar-refractivity contribution in [1.29, 1.82) is 0 Å². The molecule has 0 saturated carbocycles. The second-order valence-corrected chi connectivity index (χ2v) is 8.49. The van der Waals surface area contributed by atoms with Crippen molar-refractivity contribution in [3.8, 4) is 17.2 Å². The first-order valence-corrected chi connectivity index (χ1v) is 10.1. The van der Waals surface area contributed by atoms with Crippen LogP contribution in [-0.4, -0.2) is 38.7 Å². The normalized spacial score (nSPS) is 18.0. The Morgan fingerprint density at radius 3 is 2.42 bits per heavy atom. The average molecular weight is 375 g/mol. The molecular weight excluding hydrogens is 354 g/mol. The molecule has 0 aliphatic carbocycles. The number of rotatable bonds is 4. The minimum Gasteiger partial charge on any atom is -0.490 e. The summed E-state index contributed by atoms with van der Waals surface area (Å²) < 4.78 is 43.8. The third kappa shape index (κ3) is 3.37. The van der Waals surface area contributed by atoms with E-state index in [-0.39, 0.29) is 17.8 Å². The Balaban J connectivity index is 1.41. The second-order valence-electron chi connectivity index (χ2n) is 6.55. The van der Waals surface area contributed by atoms with E-state index in [9.17, 15) is 8.42 Å². The first-order valence-electron chi connectivity index (χ1n) is 8.65. The van der Waals surface area contributed by atoms with E-state index in [4.69, 9.17) is 14.2 Å². The molecule has 6 nitrogen and oxygen atoms in total. The van der Waals surface area contributed by atoms with Crippen LogP contribution >= 0.6 is 0 Å². The number of fused-ring (bicyclic) bond motifs is 1. The van der Waals surface area contributed by atoms with Crippen LogP contribution in [0.25, 0.3) is 0 Å². The van der Waals surface area contributed by atoms with Gasteiger partial charge in [0.2, 0.25) is 16.8 Å². The summed E-state index contributed by atoms with van der Waals surface area (Å²) in [6, 6.07) is 12.7. The van der Waals surface area contributed by atoms with E-state index < -0.39 is 10.0 Å². The van der Waals surface area contributed by atoms with Crippen molar-refractivity contribution in [2.75, 3.05) is 19.9 Å². The van der Waals surface area contributed by atoms with Crippen LogP contribution < -0.4 is 14.2 Å². The number of hydrogen-bond acceptors (Lipinski definition) is 5. The van der Waals surface area contributed by atoms with Crippen molar-refractivity contribution in [2.24, 2.45) is 0 Å². The molecule has 138 valence electrons. The van der Waals surface area contributed by atoms with Crippen molar-refractivity contribution < 1.29 is 22.6 Å². The number of aryl methyl sites for hydroxylation is 1. The summed E-state index contributed by atoms with van der Waals surface area (Å²) in [6.45, 7) is 3.03. The van der Waals surface area contributed by atoms with E-state index in [0.29, 0.717) is 37.4 Å². The van der Waals surface area contributed by atoms with Gasteiger partial charge in [-0.2, -0.15) is 4.31 Å². The summed E-state index contributed by atoms with van der Waals surface area (Å²) in [7, 11) is -3.54. The zero-order chi connectivity index (χ0) is 18.1. The number of sulfonamides is 1. The van der Waals surface area contributed by atoms with Crippen molar-refractivity contribution in [3.63, 3.8) is 0 Å². The maximum atomic E-state index is 12.9. The van der Waals surface area contributed by atoms with Gasteiger partial charge in [-0.05, 0) is 44.0 Å². The predicted molar refractivity (Wildman–Crippen MR) is 96.2 cm³/mol. The summed E-state index contributed by atoms with van der Waals surface area (Å²) in [5.74, 6) is 1.88. The summed E-state index contributed by atoms with van der Waals surface area (Å²) in [4.78, 5) is 0.236. The fraction of sp³-hybridized carbons (Fsp3) is 0.368. The molecule has 2 aliphatic heterocycles. The Labute approximate surface area is 153 Å². The standard InChI is InChI=1S/C19H21NO5S/c1-14-2-4-15(5-3-14)25-16-8-10-20(11-9-16)26(21,22)17-6-7-18-19(12-17)24-13-23-18/h2-7,12,16H,8-11,13H2,1H3. The van der Waals surface area contributed by atoms with Crippen molar-refractivity contribution in [3.05, 3.63) is 48.0 Å². The number of hydrogen-bond donors (Lipinski definition) is 0. The summed E-state index contributed by atoms with van der Waals surface area (Å²) >= 11 is 0. The topological polar surface area (TPSA) is 65.1 Å². The van der Waals surface area contributed by atoms with Gasteiger partial charge in [0, 0.05) is 19.2 Å². The van der Waals surface area contributed by atoms with E-state index in [1.807, 2.05) is 31.2 Å². The van der Waals surface area contributed by atoms with Gasteiger partial charge in [0.25, 0.3) is 0 Å². The second kappa shape index (κ2) is 6.81. The van der Waals surface area contributed by atoms with Crippen LogP contribution in [0.1, 0.15) is 18.4 Å². The van der Waals surface area contributed by atoms with Crippen molar-refractivity contribution in [2.45, 2.75) is 30.8 Å². The van der Waals surface area contributed by atoms with Gasteiger partial charge in [0.1, 0.15) is 11.9 Å². The zero-order valence-corrected chi connectivity index (χ0v) is 15.4. The highest BCUT2D eigenvalue weighted by molar-refractivity contribution is 7.89. The van der Waals surface area contributed by atoms with E-state index in [1.54, 1.807) is 12.1 Å². The Bertz CT molecular complexity index is 887. The molecule has 0 atom stereocenters. The summed E-state index contributed by atoms with van der Waals surface area (Å²) in [5.41, 5.74) is 1.18. The molecule has 0 bridgehead atoms. The molecule has 1 fully saturated rings. The summed E-state index contributed by atoms with van der Waals surface area (Å²) in [5, 5.41) is 0. The third-order valence-electron chi connectivity index (χ3n) is 4.71. The van der Waals surface area contributed by atoms with Gasteiger partial charge in [-0.25, -0.2) is 8.42 Å². The largest absolute Gasteiger partial charge is 0.490 e. The smallest absolute Gasteiger partial charge is 0.243 e. The quantitative estimate of drug-likeness (QED) is 0.822. The molecule has 2 heterocycles. The number of nitrogens with zero attached hydrogens (tertiary/aromatic N) is 1.